The summed E-state index contributed by atoms with van der Waals surface area (Å²) in [5.41, 5.74) is 0.408. The predicted octanol–water partition coefficient (Wildman–Crippen LogP) is 4.56. The molecular weight excluding hydrogens is 319 g/mol. The molecule has 0 aliphatic heterocycles. The molecule has 2 aromatic rings. The molecule has 0 atom stereocenters. The van der Waals surface area contributed by atoms with Crippen LogP contribution in [0.4, 0.5) is 18.9 Å². The lowest BCUT2D eigenvalue weighted by Crippen LogP contribution is -2.06. The number of hydrogen-bond acceptors (Lipinski definition) is 2. The second-order valence-electron chi connectivity index (χ2n) is 5.08. The average Bonchev–Trinajstić information content (AvgIpc) is 2.53. The van der Waals surface area contributed by atoms with Crippen molar-refractivity contribution in [1.82, 2.24) is 0 Å². The van der Waals surface area contributed by atoms with Crippen LogP contribution in [0, 0.1) is 0 Å². The normalized spacial score (nSPS) is 11.5. The number of rotatable bonds is 4. The molecule has 0 saturated heterocycles. The zero-order valence-electron chi connectivity index (χ0n) is 12.7. The summed E-state index contributed by atoms with van der Waals surface area (Å²) < 4.78 is 38.0. The van der Waals surface area contributed by atoms with Crippen LogP contribution in [0.25, 0.3) is 6.08 Å². The lowest BCUT2D eigenvalue weighted by atomic mass is 10.1. The smallest absolute Gasteiger partial charge is 0.326 e. The summed E-state index contributed by atoms with van der Waals surface area (Å²) in [6, 6.07) is 11.0. The number of allylic oxidation sites excluding steroid dienone is 1. The Morgan fingerprint density at radius 2 is 1.71 bits per heavy atom. The number of amides is 1. The topological polar surface area (TPSA) is 46.2 Å². The summed E-state index contributed by atoms with van der Waals surface area (Å²) in [7, 11) is 0. The molecule has 3 nitrogen and oxygen atoms in total. The molecule has 0 spiro atoms. The van der Waals surface area contributed by atoms with Gasteiger partial charge >= 0.3 is 6.18 Å². The average molecular weight is 333 g/mol. The second kappa shape index (κ2) is 7.12. The van der Waals surface area contributed by atoms with E-state index < -0.39 is 17.5 Å². The molecular formula is C18H14F3NO2. The van der Waals surface area contributed by atoms with Crippen molar-refractivity contribution in [2.75, 3.05) is 5.32 Å². The Kier molecular flexibility index (Phi) is 5.18. The van der Waals surface area contributed by atoms with Gasteiger partial charge in [0.15, 0.2) is 5.78 Å². The highest BCUT2D eigenvalue weighted by Gasteiger charge is 2.30. The summed E-state index contributed by atoms with van der Waals surface area (Å²) >= 11 is 0. The standard InChI is InChI=1S/C18H14F3NO2/c1-12(23)22-16-8-5-13(6-9-16)7-10-17(24)14-3-2-4-15(11-14)18(19,20)21/h2-11H,1H3,(H,22,23). The van der Waals surface area contributed by atoms with Crippen LogP contribution in [0.15, 0.2) is 54.6 Å². The van der Waals surface area contributed by atoms with Gasteiger partial charge in [-0.25, -0.2) is 0 Å². The van der Waals surface area contributed by atoms with Gasteiger partial charge in [0.2, 0.25) is 5.91 Å². The summed E-state index contributed by atoms with van der Waals surface area (Å²) in [5, 5.41) is 2.61. The summed E-state index contributed by atoms with van der Waals surface area (Å²) in [5.74, 6) is -0.718. The zero-order chi connectivity index (χ0) is 17.7. The molecule has 0 aliphatic rings. The number of benzene rings is 2. The SMILES string of the molecule is CC(=O)Nc1ccc(C=CC(=O)c2cccc(C(F)(F)F)c2)cc1. The third-order valence-corrected chi connectivity index (χ3v) is 3.13. The molecule has 0 aliphatic carbocycles. The fourth-order valence-corrected chi connectivity index (χ4v) is 2.00. The number of halogens is 3. The number of alkyl halides is 3. The van der Waals surface area contributed by atoms with E-state index in [-0.39, 0.29) is 11.5 Å². The van der Waals surface area contributed by atoms with E-state index in [9.17, 15) is 22.8 Å². The summed E-state index contributed by atoms with van der Waals surface area (Å²) in [4.78, 5) is 22.9. The Morgan fingerprint density at radius 3 is 2.29 bits per heavy atom. The van der Waals surface area contributed by atoms with Crippen LogP contribution in [-0.2, 0) is 11.0 Å². The van der Waals surface area contributed by atoms with E-state index in [1.54, 1.807) is 24.3 Å². The van der Waals surface area contributed by atoms with E-state index in [2.05, 4.69) is 5.32 Å². The van der Waals surface area contributed by atoms with Crippen molar-refractivity contribution in [1.29, 1.82) is 0 Å². The lowest BCUT2D eigenvalue weighted by molar-refractivity contribution is -0.137. The second-order valence-corrected chi connectivity index (χ2v) is 5.08. The van der Waals surface area contributed by atoms with Crippen molar-refractivity contribution in [2.45, 2.75) is 13.1 Å². The van der Waals surface area contributed by atoms with E-state index in [1.807, 2.05) is 0 Å². The molecule has 0 fully saturated rings. The molecule has 6 heteroatoms. The molecule has 0 radical (unpaired) electrons. The largest absolute Gasteiger partial charge is 0.416 e. The van der Waals surface area contributed by atoms with Crippen molar-refractivity contribution in [3.63, 3.8) is 0 Å². The fraction of sp³-hybridized carbons (Fsp3) is 0.111. The zero-order valence-corrected chi connectivity index (χ0v) is 12.7. The molecule has 1 N–H and O–H groups in total. The Bertz CT molecular complexity index is 778. The van der Waals surface area contributed by atoms with Crippen LogP contribution in [0.3, 0.4) is 0 Å². The quantitative estimate of drug-likeness (QED) is 0.658. The molecule has 124 valence electrons. The van der Waals surface area contributed by atoms with Gasteiger partial charge in [-0.1, -0.05) is 30.3 Å². The highest BCUT2D eigenvalue weighted by Crippen LogP contribution is 2.29. The molecule has 2 rings (SSSR count). The van der Waals surface area contributed by atoms with Gasteiger partial charge in [0.05, 0.1) is 5.56 Å². The Hall–Kier alpha value is -2.89. The fourth-order valence-electron chi connectivity index (χ4n) is 2.00. The maximum atomic E-state index is 12.7. The molecule has 2 aromatic carbocycles. The number of anilines is 1. The van der Waals surface area contributed by atoms with Gasteiger partial charge in [-0.15, -0.1) is 0 Å². The summed E-state index contributed by atoms with van der Waals surface area (Å²) in [6.45, 7) is 1.39. The Morgan fingerprint density at radius 1 is 1.04 bits per heavy atom. The van der Waals surface area contributed by atoms with E-state index >= 15 is 0 Å². The van der Waals surface area contributed by atoms with Crippen molar-refractivity contribution < 1.29 is 22.8 Å². The van der Waals surface area contributed by atoms with Crippen molar-refractivity contribution >= 4 is 23.5 Å². The van der Waals surface area contributed by atoms with Crippen molar-refractivity contribution in [2.24, 2.45) is 0 Å². The first-order chi connectivity index (χ1) is 11.3. The third kappa shape index (κ3) is 4.81. The van der Waals surface area contributed by atoms with Gasteiger partial charge in [-0.2, -0.15) is 13.2 Å². The number of hydrogen-bond donors (Lipinski definition) is 1. The highest BCUT2D eigenvalue weighted by atomic mass is 19.4. The number of ketones is 1. The molecule has 0 heterocycles. The third-order valence-electron chi connectivity index (χ3n) is 3.13. The maximum Gasteiger partial charge on any atom is 0.416 e. The van der Waals surface area contributed by atoms with Crippen LogP contribution in [0.1, 0.15) is 28.4 Å². The van der Waals surface area contributed by atoms with E-state index in [0.717, 1.165) is 12.1 Å². The van der Waals surface area contributed by atoms with Crippen LogP contribution in [0.5, 0.6) is 0 Å². The summed E-state index contributed by atoms with van der Waals surface area (Å²) in [6.07, 6.45) is -1.78. The minimum Gasteiger partial charge on any atom is -0.326 e. The highest BCUT2D eigenvalue weighted by molar-refractivity contribution is 6.06. The maximum absolute atomic E-state index is 12.7. The van der Waals surface area contributed by atoms with Crippen LogP contribution < -0.4 is 5.32 Å². The van der Waals surface area contributed by atoms with Gasteiger partial charge in [-0.3, -0.25) is 9.59 Å². The monoisotopic (exact) mass is 333 g/mol. The molecule has 0 unspecified atom stereocenters. The van der Waals surface area contributed by atoms with Crippen LogP contribution >= 0.6 is 0 Å². The predicted molar refractivity (Wildman–Crippen MR) is 85.6 cm³/mol. The first-order valence-corrected chi connectivity index (χ1v) is 7.03. The first kappa shape index (κ1) is 17.5. The van der Waals surface area contributed by atoms with Gasteiger partial charge in [-0.05, 0) is 35.9 Å². The lowest BCUT2D eigenvalue weighted by Gasteiger charge is -2.07. The van der Waals surface area contributed by atoms with Gasteiger partial charge in [0, 0.05) is 18.2 Å². The van der Waals surface area contributed by atoms with E-state index in [0.29, 0.717) is 11.3 Å². The number of carbonyl (C=O) groups is 2. The van der Waals surface area contributed by atoms with E-state index in [1.165, 1.54) is 31.2 Å². The number of carbonyl (C=O) groups excluding carboxylic acids is 2. The molecule has 0 saturated carbocycles. The van der Waals surface area contributed by atoms with Gasteiger partial charge in [0.1, 0.15) is 0 Å². The first-order valence-electron chi connectivity index (χ1n) is 7.03. The molecule has 24 heavy (non-hydrogen) atoms. The van der Waals surface area contributed by atoms with E-state index in [4.69, 9.17) is 0 Å². The van der Waals surface area contributed by atoms with Gasteiger partial charge < -0.3 is 5.32 Å². The minimum absolute atomic E-state index is 0.0315. The molecule has 1 amide bonds. The Labute approximate surface area is 136 Å². The van der Waals surface area contributed by atoms with Crippen LogP contribution in [0.2, 0.25) is 0 Å². The van der Waals surface area contributed by atoms with Crippen molar-refractivity contribution in [3.8, 4) is 0 Å². The Balaban J connectivity index is 2.11. The molecule has 0 aromatic heterocycles. The van der Waals surface area contributed by atoms with Crippen molar-refractivity contribution in [3.05, 3.63) is 71.3 Å². The minimum atomic E-state index is -4.49. The molecule has 0 bridgehead atoms. The van der Waals surface area contributed by atoms with Crippen LogP contribution in [-0.4, -0.2) is 11.7 Å². The van der Waals surface area contributed by atoms with Gasteiger partial charge in [0.25, 0.3) is 0 Å². The number of nitrogens with one attached hydrogen (secondary N) is 1.